The molecule has 1 aromatic heterocycles. The second kappa shape index (κ2) is 6.85. The molecule has 0 aromatic carbocycles. The molecule has 0 bridgehead atoms. The summed E-state index contributed by atoms with van der Waals surface area (Å²) < 4.78 is 0. The number of carbonyl (C=O) groups excluding carboxylic acids is 1. The molecule has 0 radical (unpaired) electrons. The molecular weight excluding hydrogens is 244 g/mol. The SMILES string of the molecule is O=C(O)CCCCC(=O)Nc1cc(Cl)ccn1. The molecule has 92 valence electrons. The zero-order chi connectivity index (χ0) is 12.7. The van der Waals surface area contributed by atoms with Gasteiger partial charge in [0.15, 0.2) is 0 Å². The molecule has 6 heteroatoms. The van der Waals surface area contributed by atoms with Crippen molar-refractivity contribution in [1.29, 1.82) is 0 Å². The number of unbranched alkanes of at least 4 members (excludes halogenated alkanes) is 1. The molecule has 5 nitrogen and oxygen atoms in total. The Bertz CT molecular complexity index is 409. The van der Waals surface area contributed by atoms with Crippen molar-refractivity contribution in [3.05, 3.63) is 23.4 Å². The van der Waals surface area contributed by atoms with Crippen LogP contribution < -0.4 is 5.32 Å². The summed E-state index contributed by atoms with van der Waals surface area (Å²) >= 11 is 5.73. The zero-order valence-corrected chi connectivity index (χ0v) is 9.91. The summed E-state index contributed by atoms with van der Waals surface area (Å²) in [5, 5.41) is 11.5. The van der Waals surface area contributed by atoms with Crippen molar-refractivity contribution in [2.75, 3.05) is 5.32 Å². The number of carbonyl (C=O) groups is 2. The van der Waals surface area contributed by atoms with E-state index in [1.54, 1.807) is 12.1 Å². The minimum atomic E-state index is -0.845. The van der Waals surface area contributed by atoms with Crippen LogP contribution in [0.1, 0.15) is 25.7 Å². The van der Waals surface area contributed by atoms with Gasteiger partial charge < -0.3 is 10.4 Å². The van der Waals surface area contributed by atoms with Crippen LogP contribution in [0.4, 0.5) is 5.82 Å². The average Bonchev–Trinajstić information content (AvgIpc) is 2.24. The van der Waals surface area contributed by atoms with Gasteiger partial charge in [-0.15, -0.1) is 0 Å². The van der Waals surface area contributed by atoms with Crippen LogP contribution in [0.3, 0.4) is 0 Å². The fourth-order valence-electron chi connectivity index (χ4n) is 1.24. The van der Waals surface area contributed by atoms with Crippen LogP contribution in [0.5, 0.6) is 0 Å². The number of aromatic nitrogens is 1. The number of pyridine rings is 1. The van der Waals surface area contributed by atoms with Crippen molar-refractivity contribution in [2.45, 2.75) is 25.7 Å². The first-order valence-corrected chi connectivity index (χ1v) is 5.59. The van der Waals surface area contributed by atoms with Gasteiger partial charge in [-0.3, -0.25) is 9.59 Å². The molecule has 0 saturated heterocycles. The Balaban J connectivity index is 2.27. The topological polar surface area (TPSA) is 79.3 Å². The van der Waals surface area contributed by atoms with E-state index in [1.165, 1.54) is 6.20 Å². The third-order valence-corrected chi connectivity index (χ3v) is 2.27. The van der Waals surface area contributed by atoms with Gasteiger partial charge in [-0.25, -0.2) is 4.98 Å². The maximum Gasteiger partial charge on any atom is 0.303 e. The lowest BCUT2D eigenvalue weighted by Gasteiger charge is -2.03. The number of nitrogens with zero attached hydrogens (tertiary/aromatic N) is 1. The van der Waals surface area contributed by atoms with E-state index in [0.717, 1.165) is 0 Å². The normalized spacial score (nSPS) is 9.94. The van der Waals surface area contributed by atoms with Crippen molar-refractivity contribution >= 4 is 29.3 Å². The lowest BCUT2D eigenvalue weighted by atomic mass is 10.2. The van der Waals surface area contributed by atoms with Gasteiger partial charge in [0.2, 0.25) is 5.91 Å². The van der Waals surface area contributed by atoms with Crippen molar-refractivity contribution in [3.63, 3.8) is 0 Å². The highest BCUT2D eigenvalue weighted by atomic mass is 35.5. The molecule has 0 aliphatic heterocycles. The molecule has 1 heterocycles. The predicted molar refractivity (Wildman–Crippen MR) is 64.0 cm³/mol. The molecular formula is C11H13ClN2O3. The van der Waals surface area contributed by atoms with E-state index >= 15 is 0 Å². The Hall–Kier alpha value is -1.62. The average molecular weight is 257 g/mol. The molecule has 17 heavy (non-hydrogen) atoms. The number of anilines is 1. The van der Waals surface area contributed by atoms with E-state index in [4.69, 9.17) is 16.7 Å². The number of aliphatic carboxylic acids is 1. The van der Waals surface area contributed by atoms with Gasteiger partial charge in [-0.1, -0.05) is 11.6 Å². The standard InChI is InChI=1S/C11H13ClN2O3/c12-8-5-6-13-9(7-8)14-10(15)3-1-2-4-11(16)17/h5-7H,1-4H2,(H,16,17)(H,13,14,15). The van der Waals surface area contributed by atoms with Crippen molar-refractivity contribution in [2.24, 2.45) is 0 Å². The molecule has 0 unspecified atom stereocenters. The summed E-state index contributed by atoms with van der Waals surface area (Å²) in [4.78, 5) is 25.6. The van der Waals surface area contributed by atoms with E-state index < -0.39 is 5.97 Å². The fourth-order valence-corrected chi connectivity index (χ4v) is 1.40. The molecule has 1 aromatic rings. The van der Waals surface area contributed by atoms with Crippen LogP contribution in [0, 0.1) is 0 Å². The summed E-state index contributed by atoms with van der Waals surface area (Å²) in [5.41, 5.74) is 0. The van der Waals surface area contributed by atoms with E-state index in [0.29, 0.717) is 23.7 Å². The first-order valence-electron chi connectivity index (χ1n) is 5.21. The van der Waals surface area contributed by atoms with Gasteiger partial charge in [0.25, 0.3) is 0 Å². The number of carboxylic acids is 1. The van der Waals surface area contributed by atoms with Crippen LogP contribution in [0.2, 0.25) is 5.02 Å². The number of nitrogens with one attached hydrogen (secondary N) is 1. The fraction of sp³-hybridized carbons (Fsp3) is 0.364. The minimum absolute atomic E-state index is 0.0860. The maximum absolute atomic E-state index is 11.4. The molecule has 0 aliphatic rings. The number of rotatable bonds is 6. The lowest BCUT2D eigenvalue weighted by Crippen LogP contribution is -2.12. The van der Waals surface area contributed by atoms with Crippen molar-refractivity contribution in [3.8, 4) is 0 Å². The molecule has 0 atom stereocenters. The van der Waals surface area contributed by atoms with E-state index in [-0.39, 0.29) is 18.7 Å². The number of hydrogen-bond acceptors (Lipinski definition) is 3. The smallest absolute Gasteiger partial charge is 0.303 e. The number of amides is 1. The lowest BCUT2D eigenvalue weighted by molar-refractivity contribution is -0.137. The summed E-state index contributed by atoms with van der Waals surface area (Å²) in [7, 11) is 0. The maximum atomic E-state index is 11.4. The van der Waals surface area contributed by atoms with Gasteiger partial charge in [-0.05, 0) is 25.0 Å². The molecule has 0 saturated carbocycles. The third-order valence-electron chi connectivity index (χ3n) is 2.03. The van der Waals surface area contributed by atoms with Crippen molar-refractivity contribution < 1.29 is 14.7 Å². The molecule has 0 fully saturated rings. The van der Waals surface area contributed by atoms with Gasteiger partial charge in [0, 0.05) is 24.1 Å². The molecule has 1 amide bonds. The van der Waals surface area contributed by atoms with Crippen LogP contribution in [-0.2, 0) is 9.59 Å². The summed E-state index contributed by atoms with van der Waals surface area (Å²) in [6, 6.07) is 3.17. The highest BCUT2D eigenvalue weighted by molar-refractivity contribution is 6.30. The number of halogens is 1. The quantitative estimate of drug-likeness (QED) is 0.766. The third kappa shape index (κ3) is 5.87. The molecule has 0 aliphatic carbocycles. The number of carboxylic acid groups (broad SMARTS) is 1. The Morgan fingerprint density at radius 2 is 2.06 bits per heavy atom. The second-order valence-corrected chi connectivity index (χ2v) is 3.94. The Labute approximate surface area is 104 Å². The van der Waals surface area contributed by atoms with E-state index in [9.17, 15) is 9.59 Å². The van der Waals surface area contributed by atoms with Gasteiger partial charge >= 0.3 is 5.97 Å². The van der Waals surface area contributed by atoms with E-state index in [1.807, 2.05) is 0 Å². The van der Waals surface area contributed by atoms with Crippen molar-refractivity contribution in [1.82, 2.24) is 4.98 Å². The molecule has 2 N–H and O–H groups in total. The minimum Gasteiger partial charge on any atom is -0.481 e. The van der Waals surface area contributed by atoms with Crippen LogP contribution in [0.25, 0.3) is 0 Å². The monoisotopic (exact) mass is 256 g/mol. The largest absolute Gasteiger partial charge is 0.481 e. The van der Waals surface area contributed by atoms with Gasteiger partial charge in [0.05, 0.1) is 0 Å². The van der Waals surface area contributed by atoms with E-state index in [2.05, 4.69) is 10.3 Å². The summed E-state index contributed by atoms with van der Waals surface area (Å²) in [6.45, 7) is 0. The number of hydrogen-bond donors (Lipinski definition) is 2. The first kappa shape index (κ1) is 13.4. The van der Waals surface area contributed by atoms with Crippen LogP contribution >= 0.6 is 11.6 Å². The predicted octanol–water partition coefficient (Wildman–Crippen LogP) is 2.32. The second-order valence-electron chi connectivity index (χ2n) is 3.51. The van der Waals surface area contributed by atoms with Gasteiger partial charge in [-0.2, -0.15) is 0 Å². The Morgan fingerprint density at radius 3 is 2.71 bits per heavy atom. The molecule has 0 spiro atoms. The van der Waals surface area contributed by atoms with Crippen LogP contribution in [-0.4, -0.2) is 22.0 Å². The zero-order valence-electron chi connectivity index (χ0n) is 9.15. The summed E-state index contributed by atoms with van der Waals surface area (Å²) in [5.74, 6) is -0.632. The highest BCUT2D eigenvalue weighted by Gasteiger charge is 2.04. The summed E-state index contributed by atoms with van der Waals surface area (Å²) in [6.07, 6.45) is 2.90. The Kier molecular flexibility index (Phi) is 5.42. The Morgan fingerprint density at radius 1 is 1.35 bits per heavy atom. The first-order chi connectivity index (χ1) is 8.08. The molecule has 1 rings (SSSR count). The highest BCUT2D eigenvalue weighted by Crippen LogP contribution is 2.12. The van der Waals surface area contributed by atoms with Crippen LogP contribution in [0.15, 0.2) is 18.3 Å². The van der Waals surface area contributed by atoms with Gasteiger partial charge in [0.1, 0.15) is 5.82 Å².